The average Bonchev–Trinajstić information content (AvgIpc) is 2.37. The Labute approximate surface area is 54.9 Å². The van der Waals surface area contributed by atoms with Crippen molar-refractivity contribution in [2.45, 2.75) is 0 Å². The normalized spacial score (nSPS) is 11.9. The van der Waals surface area contributed by atoms with Gasteiger partial charge in [0.05, 0.1) is 0 Å². The van der Waals surface area contributed by atoms with Gasteiger partial charge in [-0.3, -0.25) is 0 Å². The molecule has 0 saturated heterocycles. The molecule has 1 aromatic rings. The lowest BCUT2D eigenvalue weighted by atomic mass is 10.5. The second kappa shape index (κ2) is 2.45. The number of nitrogens with zero attached hydrogens (tertiary/aromatic N) is 3. The highest BCUT2D eigenvalue weighted by molar-refractivity contribution is 6.69. The number of halogens is 1. The third-order valence-corrected chi connectivity index (χ3v) is 0.930. The Morgan fingerprint density at radius 1 is 1.89 bits per heavy atom. The second-order valence-corrected chi connectivity index (χ2v) is 1.54. The van der Waals surface area contributed by atoms with E-state index >= 15 is 0 Å². The van der Waals surface area contributed by atoms with Gasteiger partial charge in [-0.1, -0.05) is 21.9 Å². The molecule has 0 aromatic carbocycles. The fourth-order valence-corrected chi connectivity index (χ4v) is 0.390. The fourth-order valence-electron chi connectivity index (χ4n) is 0.307. The van der Waals surface area contributed by atoms with Crippen LogP contribution in [0.5, 0.6) is 0 Å². The van der Waals surface area contributed by atoms with E-state index in [4.69, 9.17) is 16.8 Å². The van der Waals surface area contributed by atoms with Crippen LogP contribution in [0.2, 0.25) is 0 Å². The predicted octanol–water partition coefficient (Wildman–Crippen LogP) is 0.444. The van der Waals surface area contributed by atoms with Crippen LogP contribution in [-0.4, -0.2) is 20.7 Å². The third-order valence-electron chi connectivity index (χ3n) is 0.660. The largest absolute Gasteiger partial charge is 0.410 e. The van der Waals surface area contributed by atoms with E-state index in [-0.39, 0.29) is 10.9 Å². The lowest BCUT2D eigenvalue weighted by molar-refractivity contribution is 0.304. The average molecular weight is 148 g/mol. The van der Waals surface area contributed by atoms with Gasteiger partial charge in [-0.05, 0) is 5.16 Å². The molecule has 5 nitrogen and oxygen atoms in total. The minimum Gasteiger partial charge on any atom is -0.410 e. The number of rotatable bonds is 1. The van der Waals surface area contributed by atoms with Crippen molar-refractivity contribution >= 4 is 16.8 Å². The zero-order valence-corrected chi connectivity index (χ0v) is 4.91. The Morgan fingerprint density at radius 2 is 2.67 bits per heavy atom. The highest BCUT2D eigenvalue weighted by Crippen LogP contribution is 1.97. The maximum absolute atomic E-state index is 8.05. The van der Waals surface area contributed by atoms with Crippen LogP contribution < -0.4 is 0 Å². The van der Waals surface area contributed by atoms with Gasteiger partial charge in [0.15, 0.2) is 10.9 Å². The number of oxime groups is 1. The minimum atomic E-state index is -0.142. The molecule has 0 aliphatic rings. The molecule has 0 aliphatic carbocycles. The summed E-state index contributed by atoms with van der Waals surface area (Å²) in [6.07, 6.45) is 1.24. The molecule has 1 rings (SSSR count). The van der Waals surface area contributed by atoms with E-state index < -0.39 is 0 Å². The van der Waals surface area contributed by atoms with Gasteiger partial charge in [-0.15, -0.1) is 0 Å². The Balaban J connectivity index is 2.90. The van der Waals surface area contributed by atoms with E-state index in [0.717, 1.165) is 0 Å². The Morgan fingerprint density at radius 3 is 3.11 bits per heavy atom. The maximum Gasteiger partial charge on any atom is 0.199 e. The van der Waals surface area contributed by atoms with Crippen LogP contribution in [-0.2, 0) is 0 Å². The first-order valence-corrected chi connectivity index (χ1v) is 2.38. The summed E-state index contributed by atoms with van der Waals surface area (Å²) >= 11 is 5.27. The molecule has 48 valence electrons. The molecular weight excluding hydrogens is 146 g/mol. The summed E-state index contributed by atoms with van der Waals surface area (Å²) in [5.74, 6) is 0. The van der Waals surface area contributed by atoms with Crippen molar-refractivity contribution in [2.24, 2.45) is 5.16 Å². The predicted molar refractivity (Wildman–Crippen MR) is 28.5 cm³/mol. The van der Waals surface area contributed by atoms with Crippen LogP contribution in [0, 0.1) is 0 Å². The van der Waals surface area contributed by atoms with Crippen LogP contribution in [0.15, 0.2) is 16.0 Å². The number of hydrogen-bond acceptors (Lipinski definition) is 5. The van der Waals surface area contributed by atoms with Crippen molar-refractivity contribution < 1.29 is 9.84 Å². The topological polar surface area (TPSA) is 71.5 Å². The molecule has 0 radical (unpaired) electrons. The Kier molecular flexibility index (Phi) is 1.64. The summed E-state index contributed by atoms with van der Waals surface area (Å²) in [6.45, 7) is 0. The lowest BCUT2D eigenvalue weighted by Crippen LogP contribution is -1.89. The monoisotopic (exact) mass is 147 g/mol. The van der Waals surface area contributed by atoms with Crippen molar-refractivity contribution in [3.63, 3.8) is 0 Å². The van der Waals surface area contributed by atoms with Crippen molar-refractivity contribution in [3.8, 4) is 0 Å². The standard InChI is InChI=1S/C3H2ClN3O2/c4-3(6-8)2-1-5-9-7-2/h1,8H. The van der Waals surface area contributed by atoms with Gasteiger partial charge < -0.3 is 5.21 Å². The molecule has 0 bridgehead atoms. The Bertz CT molecular complexity index is 207. The molecule has 1 N–H and O–H groups in total. The fraction of sp³-hybridized carbons (Fsp3) is 0. The van der Waals surface area contributed by atoms with Gasteiger partial charge in [0.2, 0.25) is 0 Å². The number of hydrogen-bond donors (Lipinski definition) is 1. The quantitative estimate of drug-likeness (QED) is 0.356. The van der Waals surface area contributed by atoms with Gasteiger partial charge in [-0.2, -0.15) is 0 Å². The van der Waals surface area contributed by atoms with Crippen molar-refractivity contribution in [3.05, 3.63) is 11.9 Å². The summed E-state index contributed by atoms with van der Waals surface area (Å²) in [5.41, 5.74) is 0.208. The highest BCUT2D eigenvalue weighted by Gasteiger charge is 2.02. The summed E-state index contributed by atoms with van der Waals surface area (Å²) < 4.78 is 4.16. The van der Waals surface area contributed by atoms with Gasteiger partial charge in [0, 0.05) is 0 Å². The molecule has 0 saturated carbocycles. The van der Waals surface area contributed by atoms with Gasteiger partial charge >= 0.3 is 0 Å². The van der Waals surface area contributed by atoms with E-state index in [1.807, 2.05) is 0 Å². The van der Waals surface area contributed by atoms with E-state index in [9.17, 15) is 0 Å². The second-order valence-electron chi connectivity index (χ2n) is 1.18. The molecule has 0 unspecified atom stereocenters. The van der Waals surface area contributed by atoms with Crippen molar-refractivity contribution in [2.75, 3.05) is 0 Å². The molecule has 6 heteroatoms. The molecule has 0 aliphatic heterocycles. The summed E-state index contributed by atoms with van der Waals surface area (Å²) in [4.78, 5) is 0. The van der Waals surface area contributed by atoms with Gasteiger partial charge in [-0.25, -0.2) is 4.63 Å². The zero-order chi connectivity index (χ0) is 6.69. The minimum absolute atomic E-state index is 0.142. The summed E-state index contributed by atoms with van der Waals surface area (Å²) in [7, 11) is 0. The van der Waals surface area contributed by atoms with E-state index in [1.165, 1.54) is 6.20 Å². The first-order chi connectivity index (χ1) is 4.34. The van der Waals surface area contributed by atoms with E-state index in [0.29, 0.717) is 0 Å². The van der Waals surface area contributed by atoms with Crippen LogP contribution in [0.3, 0.4) is 0 Å². The molecule has 1 heterocycles. The molecule has 0 amide bonds. The lowest BCUT2D eigenvalue weighted by Gasteiger charge is -1.79. The maximum atomic E-state index is 8.05. The third kappa shape index (κ3) is 1.17. The van der Waals surface area contributed by atoms with E-state index in [1.54, 1.807) is 0 Å². The molecular formula is C3H2ClN3O2. The summed E-state index contributed by atoms with van der Waals surface area (Å²) in [5, 5.41) is 17.1. The van der Waals surface area contributed by atoms with Crippen LogP contribution in [0.25, 0.3) is 0 Å². The van der Waals surface area contributed by atoms with Crippen molar-refractivity contribution in [1.82, 2.24) is 10.3 Å². The first kappa shape index (κ1) is 6.03. The molecule has 0 fully saturated rings. The number of aromatic nitrogens is 2. The molecule has 1 aromatic heterocycles. The zero-order valence-electron chi connectivity index (χ0n) is 4.15. The molecule has 0 spiro atoms. The van der Waals surface area contributed by atoms with Crippen LogP contribution in [0.1, 0.15) is 5.69 Å². The Hall–Kier alpha value is -1.10. The smallest absolute Gasteiger partial charge is 0.199 e. The highest BCUT2D eigenvalue weighted by atomic mass is 35.5. The molecule has 9 heavy (non-hydrogen) atoms. The van der Waals surface area contributed by atoms with Crippen LogP contribution in [0.4, 0.5) is 0 Å². The first-order valence-electron chi connectivity index (χ1n) is 2.00. The van der Waals surface area contributed by atoms with Crippen molar-refractivity contribution in [1.29, 1.82) is 0 Å². The summed E-state index contributed by atoms with van der Waals surface area (Å²) in [6, 6.07) is 0. The van der Waals surface area contributed by atoms with Crippen LogP contribution >= 0.6 is 11.6 Å². The van der Waals surface area contributed by atoms with Gasteiger partial charge in [0.25, 0.3) is 0 Å². The molecule has 0 atom stereocenters. The SMILES string of the molecule is ON=C(Cl)c1cnon1. The van der Waals surface area contributed by atoms with Gasteiger partial charge in [0.1, 0.15) is 6.20 Å². The van der Waals surface area contributed by atoms with E-state index in [2.05, 4.69) is 20.1 Å².